The third-order valence-corrected chi connectivity index (χ3v) is 6.25. The van der Waals surface area contributed by atoms with Crippen molar-refractivity contribution in [2.45, 2.75) is 25.8 Å². The van der Waals surface area contributed by atoms with E-state index in [1.54, 1.807) is 6.20 Å². The number of pyridine rings is 1. The molecule has 1 unspecified atom stereocenters. The molecule has 4 aromatic rings. The summed E-state index contributed by atoms with van der Waals surface area (Å²) in [4.78, 5) is 18.1. The van der Waals surface area contributed by atoms with Crippen molar-refractivity contribution in [2.75, 3.05) is 11.4 Å². The van der Waals surface area contributed by atoms with Gasteiger partial charge < -0.3 is 4.90 Å². The van der Waals surface area contributed by atoms with Crippen molar-refractivity contribution in [3.8, 4) is 11.4 Å². The zero-order valence-electron chi connectivity index (χ0n) is 15.2. The average Bonchev–Trinajstić information content (AvgIpc) is 3.22. The van der Waals surface area contributed by atoms with E-state index >= 15 is 0 Å². The number of benzene rings is 1. The zero-order chi connectivity index (χ0) is 18.2. The highest BCUT2D eigenvalue weighted by atomic mass is 32.1. The van der Waals surface area contributed by atoms with E-state index in [2.05, 4.69) is 46.5 Å². The largest absolute Gasteiger partial charge is 0.349 e. The van der Waals surface area contributed by atoms with E-state index in [9.17, 15) is 0 Å². The van der Waals surface area contributed by atoms with Crippen molar-refractivity contribution in [1.29, 1.82) is 0 Å². The fourth-order valence-electron chi connectivity index (χ4n) is 3.99. The quantitative estimate of drug-likeness (QED) is 0.491. The molecule has 0 N–H and O–H groups in total. The van der Waals surface area contributed by atoms with Gasteiger partial charge in [0.15, 0.2) is 5.82 Å². The molecule has 5 rings (SSSR count). The van der Waals surface area contributed by atoms with E-state index in [1.807, 2.05) is 35.7 Å². The van der Waals surface area contributed by atoms with Gasteiger partial charge in [-0.15, -0.1) is 11.3 Å². The van der Waals surface area contributed by atoms with Crippen LogP contribution < -0.4 is 4.90 Å². The number of hydrogen-bond donors (Lipinski definition) is 0. The molecule has 0 saturated carbocycles. The summed E-state index contributed by atoms with van der Waals surface area (Å²) in [7, 11) is 0. The minimum Gasteiger partial charge on any atom is -0.349 e. The summed E-state index contributed by atoms with van der Waals surface area (Å²) in [6.45, 7) is 3.25. The lowest BCUT2D eigenvalue weighted by atomic mass is 9.97. The normalized spacial score (nSPS) is 16.5. The van der Waals surface area contributed by atoms with Gasteiger partial charge in [0.1, 0.15) is 5.82 Å². The van der Waals surface area contributed by atoms with E-state index in [-0.39, 0.29) is 0 Å². The third kappa shape index (κ3) is 2.79. The molecule has 1 aliphatic heterocycles. The molecular weight excluding hydrogens is 352 g/mol. The number of para-hydroxylation sites is 1. The molecule has 4 heterocycles. The highest BCUT2D eigenvalue weighted by molar-refractivity contribution is 7.10. The zero-order valence-corrected chi connectivity index (χ0v) is 16.0. The van der Waals surface area contributed by atoms with Crippen molar-refractivity contribution in [1.82, 2.24) is 15.0 Å². The van der Waals surface area contributed by atoms with E-state index in [0.717, 1.165) is 47.5 Å². The molecule has 27 heavy (non-hydrogen) atoms. The third-order valence-electron chi connectivity index (χ3n) is 5.26. The molecule has 0 saturated heterocycles. The average molecular weight is 372 g/mol. The van der Waals surface area contributed by atoms with E-state index < -0.39 is 0 Å². The second-order valence-electron chi connectivity index (χ2n) is 6.80. The Labute approximate surface area is 162 Å². The first-order valence-corrected chi connectivity index (χ1v) is 10.2. The molecule has 0 spiro atoms. The molecule has 134 valence electrons. The lowest BCUT2D eigenvalue weighted by molar-refractivity contribution is 0.569. The summed E-state index contributed by atoms with van der Waals surface area (Å²) in [5, 5.41) is 3.33. The number of anilines is 1. The fourth-order valence-corrected chi connectivity index (χ4v) is 4.92. The Hall–Kier alpha value is -2.79. The van der Waals surface area contributed by atoms with Crippen LogP contribution in [0.15, 0.2) is 60.2 Å². The lowest BCUT2D eigenvalue weighted by Crippen LogP contribution is -2.35. The van der Waals surface area contributed by atoms with Gasteiger partial charge in [-0.1, -0.05) is 19.1 Å². The van der Waals surface area contributed by atoms with Gasteiger partial charge in [-0.05, 0) is 54.1 Å². The van der Waals surface area contributed by atoms with Gasteiger partial charge in [-0.3, -0.25) is 4.98 Å². The van der Waals surface area contributed by atoms with E-state index in [0.29, 0.717) is 6.04 Å². The van der Waals surface area contributed by atoms with Gasteiger partial charge in [0.2, 0.25) is 0 Å². The number of nitrogens with zero attached hydrogens (tertiary/aromatic N) is 4. The van der Waals surface area contributed by atoms with Crippen LogP contribution in [0.3, 0.4) is 0 Å². The highest BCUT2D eigenvalue weighted by Gasteiger charge is 2.29. The molecule has 1 aromatic carbocycles. The predicted octanol–water partition coefficient (Wildman–Crippen LogP) is 5.27. The topological polar surface area (TPSA) is 41.9 Å². The van der Waals surface area contributed by atoms with Gasteiger partial charge in [0, 0.05) is 34.8 Å². The second-order valence-corrected chi connectivity index (χ2v) is 7.80. The van der Waals surface area contributed by atoms with Crippen molar-refractivity contribution in [2.24, 2.45) is 0 Å². The van der Waals surface area contributed by atoms with Crippen molar-refractivity contribution < 1.29 is 0 Å². The van der Waals surface area contributed by atoms with Gasteiger partial charge in [-0.2, -0.15) is 0 Å². The van der Waals surface area contributed by atoms with Gasteiger partial charge in [-0.25, -0.2) is 9.97 Å². The Morgan fingerprint density at radius 1 is 1.11 bits per heavy atom. The maximum absolute atomic E-state index is 5.03. The van der Waals surface area contributed by atoms with Crippen LogP contribution >= 0.6 is 11.3 Å². The van der Waals surface area contributed by atoms with Gasteiger partial charge in [0.05, 0.1) is 11.6 Å². The number of fused-ring (bicyclic) bond motifs is 2. The molecule has 0 bridgehead atoms. The first-order valence-electron chi connectivity index (χ1n) is 9.35. The number of thiophene rings is 1. The molecule has 0 fully saturated rings. The Kier molecular flexibility index (Phi) is 4.09. The van der Waals surface area contributed by atoms with Crippen LogP contribution in [0.2, 0.25) is 0 Å². The molecule has 1 atom stereocenters. The molecular formula is C22H20N4S. The minimum absolute atomic E-state index is 0.361. The summed E-state index contributed by atoms with van der Waals surface area (Å²) in [6.07, 6.45) is 5.74. The Bertz CT molecular complexity index is 1090. The molecule has 0 aliphatic carbocycles. The second kappa shape index (κ2) is 6.74. The number of aromatic nitrogens is 3. The van der Waals surface area contributed by atoms with E-state index in [4.69, 9.17) is 9.97 Å². The monoisotopic (exact) mass is 372 g/mol. The van der Waals surface area contributed by atoms with Crippen LogP contribution in [-0.2, 0) is 6.42 Å². The Morgan fingerprint density at radius 3 is 2.89 bits per heavy atom. The first-order chi connectivity index (χ1) is 13.3. The Balaban J connectivity index is 1.70. The Morgan fingerprint density at radius 2 is 2.04 bits per heavy atom. The van der Waals surface area contributed by atoms with Crippen LogP contribution in [0.5, 0.6) is 0 Å². The molecule has 3 aromatic heterocycles. The molecule has 5 heteroatoms. The lowest BCUT2D eigenvalue weighted by Gasteiger charge is -2.37. The molecule has 0 amide bonds. The van der Waals surface area contributed by atoms with Crippen LogP contribution in [0.4, 0.5) is 5.82 Å². The molecule has 4 nitrogen and oxygen atoms in total. The number of rotatable bonds is 3. The van der Waals surface area contributed by atoms with Gasteiger partial charge in [0.25, 0.3) is 0 Å². The molecule has 1 aliphatic rings. The standard InChI is InChI=1S/C22H20N4S/c1-2-19-17-10-13-27-20(17)9-12-26(19)22-16-7-3-4-8-18(16)24-21(25-22)15-6-5-11-23-14-15/h3-8,10-11,13-14,19H,2,9,12H2,1H3. The van der Waals surface area contributed by atoms with Crippen LogP contribution in [0.1, 0.15) is 29.8 Å². The van der Waals surface area contributed by atoms with Crippen LogP contribution in [0.25, 0.3) is 22.3 Å². The van der Waals surface area contributed by atoms with Crippen molar-refractivity contribution >= 4 is 28.1 Å². The minimum atomic E-state index is 0.361. The number of hydrogen-bond acceptors (Lipinski definition) is 5. The summed E-state index contributed by atoms with van der Waals surface area (Å²) in [6, 6.07) is 14.9. The predicted molar refractivity (Wildman–Crippen MR) is 111 cm³/mol. The first kappa shape index (κ1) is 16.4. The fraction of sp³-hybridized carbons (Fsp3) is 0.227. The summed E-state index contributed by atoms with van der Waals surface area (Å²) in [5.41, 5.74) is 3.39. The molecule has 0 radical (unpaired) electrons. The summed E-state index contributed by atoms with van der Waals surface area (Å²) < 4.78 is 0. The summed E-state index contributed by atoms with van der Waals surface area (Å²) in [5.74, 6) is 1.77. The van der Waals surface area contributed by atoms with Crippen molar-refractivity contribution in [3.63, 3.8) is 0 Å². The van der Waals surface area contributed by atoms with Crippen LogP contribution in [-0.4, -0.2) is 21.5 Å². The highest BCUT2D eigenvalue weighted by Crippen LogP contribution is 2.40. The summed E-state index contributed by atoms with van der Waals surface area (Å²) >= 11 is 1.88. The maximum Gasteiger partial charge on any atom is 0.163 e. The smallest absolute Gasteiger partial charge is 0.163 e. The SMILES string of the molecule is CCC1c2ccsc2CCN1c1nc(-c2cccnc2)nc2ccccc12. The van der Waals surface area contributed by atoms with Crippen LogP contribution in [0, 0.1) is 0 Å². The van der Waals surface area contributed by atoms with Crippen molar-refractivity contribution in [3.05, 3.63) is 70.7 Å². The van der Waals surface area contributed by atoms with E-state index in [1.165, 1.54) is 10.4 Å². The van der Waals surface area contributed by atoms with Gasteiger partial charge >= 0.3 is 0 Å². The maximum atomic E-state index is 5.03.